The summed E-state index contributed by atoms with van der Waals surface area (Å²) in [7, 11) is 3.93. The Morgan fingerprint density at radius 2 is 1.97 bits per heavy atom. The van der Waals surface area contributed by atoms with Gasteiger partial charge in [-0.15, -0.1) is 0 Å². The molecular weight excluding hydrogens is 425 g/mol. The van der Waals surface area contributed by atoms with Gasteiger partial charge < -0.3 is 14.4 Å². The number of pyridine rings is 2. The molecule has 0 saturated carbocycles. The molecule has 0 saturated heterocycles. The molecule has 0 amide bonds. The maximum Gasteiger partial charge on any atom is 0.343 e. The first-order valence-electron chi connectivity index (χ1n) is 11.1. The van der Waals surface area contributed by atoms with Crippen LogP contribution in [0, 0.1) is 5.82 Å². The van der Waals surface area contributed by atoms with Crippen molar-refractivity contribution in [1.29, 1.82) is 0 Å². The first-order valence-corrected chi connectivity index (χ1v) is 11.1. The summed E-state index contributed by atoms with van der Waals surface area (Å²) in [5.41, 5.74) is 1.34. The topological polar surface area (TPSA) is 81.4 Å². The van der Waals surface area contributed by atoms with E-state index in [-0.39, 0.29) is 41.6 Å². The minimum Gasteiger partial charge on any atom is -0.458 e. The van der Waals surface area contributed by atoms with Crippen molar-refractivity contribution < 1.29 is 19.0 Å². The average molecular weight is 453 g/mol. The van der Waals surface area contributed by atoms with E-state index >= 15 is 4.39 Å². The van der Waals surface area contributed by atoms with Crippen molar-refractivity contribution in [1.82, 2.24) is 14.0 Å². The van der Waals surface area contributed by atoms with Gasteiger partial charge >= 0.3 is 5.97 Å². The monoisotopic (exact) mass is 452 g/mol. The molecule has 2 aliphatic heterocycles. The molecule has 5 rings (SSSR count). The van der Waals surface area contributed by atoms with Gasteiger partial charge in [-0.3, -0.25) is 9.28 Å². The van der Waals surface area contributed by atoms with E-state index in [1.807, 2.05) is 40.1 Å². The lowest BCUT2D eigenvalue weighted by Crippen LogP contribution is -2.47. The molecule has 0 bridgehead atoms. The number of aromatic nitrogens is 2. The molecule has 2 aromatic heterocycles. The Kier molecular flexibility index (Phi) is 4.58. The van der Waals surface area contributed by atoms with E-state index in [4.69, 9.17) is 9.72 Å². The number of ether oxygens (including phenoxy) is 1. The van der Waals surface area contributed by atoms with E-state index in [0.29, 0.717) is 33.6 Å². The second-order valence-corrected chi connectivity index (χ2v) is 9.73. The highest BCUT2D eigenvalue weighted by molar-refractivity contribution is 5.88. The molecule has 1 aromatic carbocycles. The lowest BCUT2D eigenvalue weighted by molar-refractivity contribution is -0.172. The van der Waals surface area contributed by atoms with Gasteiger partial charge in [0.25, 0.3) is 5.56 Å². The summed E-state index contributed by atoms with van der Waals surface area (Å²) >= 11 is 0. The zero-order valence-electron chi connectivity index (χ0n) is 19.4. The minimum atomic E-state index is -1.87. The Morgan fingerprint density at radius 1 is 1.24 bits per heavy atom. The van der Waals surface area contributed by atoms with Crippen LogP contribution in [0.1, 0.15) is 43.9 Å². The average Bonchev–Trinajstić information content (AvgIpc) is 3.12. The number of rotatable bonds is 3. The highest BCUT2D eigenvalue weighted by Crippen LogP contribution is 2.39. The lowest BCUT2D eigenvalue weighted by atomic mass is 9.86. The van der Waals surface area contributed by atoms with Crippen LogP contribution >= 0.6 is 0 Å². The predicted octanol–water partition coefficient (Wildman–Crippen LogP) is 3.19. The van der Waals surface area contributed by atoms with Crippen molar-refractivity contribution in [2.24, 2.45) is 0 Å². The van der Waals surface area contributed by atoms with Gasteiger partial charge in [-0.2, -0.15) is 0 Å². The smallest absolute Gasteiger partial charge is 0.343 e. The molecular formula is C25H27FN3O4+. The number of benzene rings is 1. The first kappa shape index (κ1) is 21.7. The van der Waals surface area contributed by atoms with Gasteiger partial charge in [0.15, 0.2) is 17.1 Å². The van der Waals surface area contributed by atoms with Crippen LogP contribution in [0.15, 0.2) is 29.1 Å². The number of halogens is 1. The van der Waals surface area contributed by atoms with Gasteiger partial charge in [-0.25, -0.2) is 14.2 Å². The fourth-order valence-corrected chi connectivity index (χ4v) is 4.71. The Labute approximate surface area is 190 Å². The molecule has 0 radical (unpaired) electrons. The lowest BCUT2D eigenvalue weighted by Gasteiger charge is -2.34. The molecule has 0 unspecified atom stereocenters. The highest BCUT2D eigenvalue weighted by atomic mass is 19.1. The van der Waals surface area contributed by atoms with Gasteiger partial charge in [0.05, 0.1) is 49.1 Å². The minimum absolute atomic E-state index is 0.0810. The first-order chi connectivity index (χ1) is 15.5. The van der Waals surface area contributed by atoms with E-state index in [9.17, 15) is 14.7 Å². The third-order valence-electron chi connectivity index (χ3n) is 7.49. The van der Waals surface area contributed by atoms with Crippen molar-refractivity contribution in [2.75, 3.05) is 14.1 Å². The van der Waals surface area contributed by atoms with Crippen molar-refractivity contribution in [3.8, 4) is 11.4 Å². The molecule has 33 heavy (non-hydrogen) atoms. The van der Waals surface area contributed by atoms with Crippen LogP contribution in [0.2, 0.25) is 0 Å². The summed E-state index contributed by atoms with van der Waals surface area (Å²) in [6.07, 6.45) is 0.0810. The van der Waals surface area contributed by atoms with Crippen molar-refractivity contribution >= 4 is 22.6 Å². The van der Waals surface area contributed by atoms with E-state index < -0.39 is 11.6 Å². The quantitative estimate of drug-likeness (QED) is 0.381. The van der Waals surface area contributed by atoms with E-state index in [1.54, 1.807) is 17.6 Å². The normalized spacial score (nSPS) is 19.5. The van der Waals surface area contributed by atoms with Gasteiger partial charge in [0.1, 0.15) is 6.61 Å². The molecule has 0 spiro atoms. The number of carbonyl (C=O) groups is 1. The number of aliphatic hydroxyl groups is 1. The van der Waals surface area contributed by atoms with Crippen LogP contribution in [0.25, 0.3) is 22.3 Å². The number of cyclic esters (lactones) is 1. The molecule has 1 N–H and O–H groups in total. The maximum atomic E-state index is 15.1. The van der Waals surface area contributed by atoms with Crippen LogP contribution < -0.4 is 10.0 Å². The van der Waals surface area contributed by atoms with Crippen molar-refractivity contribution in [3.05, 3.63) is 57.1 Å². The number of hydrogen-bond acceptors (Lipinski definition) is 5. The van der Waals surface area contributed by atoms with E-state index in [0.717, 1.165) is 10.9 Å². The zero-order chi connectivity index (χ0) is 23.9. The largest absolute Gasteiger partial charge is 0.458 e. The number of esters is 1. The SMILES string of the molecule is CC[C@@]1(O)C(=O)OCc2c1cc1n(c2=O)Cc2cc3cc([N+](C)(C)C(C)C)c(F)cc3nc2-1. The zero-order valence-corrected chi connectivity index (χ0v) is 19.4. The van der Waals surface area contributed by atoms with E-state index in [2.05, 4.69) is 0 Å². The molecule has 0 fully saturated rings. The number of nitrogens with zero attached hydrogens (tertiary/aromatic N) is 3. The molecule has 1 atom stereocenters. The number of hydrogen-bond donors (Lipinski definition) is 1. The Bertz CT molecular complexity index is 1410. The van der Waals surface area contributed by atoms with Gasteiger partial charge in [-0.1, -0.05) is 6.92 Å². The summed E-state index contributed by atoms with van der Waals surface area (Å²) in [5.74, 6) is -1.09. The second-order valence-electron chi connectivity index (χ2n) is 9.73. The third kappa shape index (κ3) is 2.90. The number of quaternary nitrogens is 1. The van der Waals surface area contributed by atoms with Crippen LogP contribution in [0.5, 0.6) is 0 Å². The van der Waals surface area contributed by atoms with Gasteiger partial charge in [0, 0.05) is 28.6 Å². The summed E-state index contributed by atoms with van der Waals surface area (Å²) < 4.78 is 22.2. The van der Waals surface area contributed by atoms with Crippen LogP contribution in [0.4, 0.5) is 10.1 Å². The van der Waals surface area contributed by atoms with Gasteiger partial charge in [0.2, 0.25) is 0 Å². The Balaban J connectivity index is 1.72. The highest BCUT2D eigenvalue weighted by Gasteiger charge is 2.45. The van der Waals surface area contributed by atoms with Crippen LogP contribution in [0.3, 0.4) is 0 Å². The number of carbonyl (C=O) groups excluding carboxylic acids is 1. The molecule has 2 aliphatic rings. The molecule has 4 heterocycles. The summed E-state index contributed by atoms with van der Waals surface area (Å²) in [6, 6.07) is 7.05. The van der Waals surface area contributed by atoms with Crippen LogP contribution in [-0.2, 0) is 28.3 Å². The molecule has 7 nitrogen and oxygen atoms in total. The maximum absolute atomic E-state index is 15.1. The summed E-state index contributed by atoms with van der Waals surface area (Å²) in [6.45, 7) is 5.90. The standard InChI is InChI=1S/C25H27FN3O4/c1-6-25(32)17-9-20-22-15(11-28(20)23(30)16(17)12-33-24(25)31)7-14-8-21(29(4,5)13(2)3)18(26)10-19(14)27-22/h7-10,13,32H,6,11-12H2,1-5H3/q+1/t25-/m0/s1. The van der Waals surface area contributed by atoms with Crippen LogP contribution in [-0.4, -0.2) is 40.8 Å². The Hall–Kier alpha value is -3.10. The predicted molar refractivity (Wildman–Crippen MR) is 123 cm³/mol. The second kappa shape index (κ2) is 6.95. The fourth-order valence-electron chi connectivity index (χ4n) is 4.71. The third-order valence-corrected chi connectivity index (χ3v) is 7.49. The summed E-state index contributed by atoms with van der Waals surface area (Å²) in [5, 5.41) is 11.8. The number of fused-ring (bicyclic) bond motifs is 5. The molecule has 3 aromatic rings. The molecule has 8 heteroatoms. The molecule has 0 aliphatic carbocycles. The van der Waals surface area contributed by atoms with E-state index in [1.165, 1.54) is 6.07 Å². The van der Waals surface area contributed by atoms with Crippen molar-refractivity contribution in [2.45, 2.75) is 52.0 Å². The Morgan fingerprint density at radius 3 is 2.64 bits per heavy atom. The van der Waals surface area contributed by atoms with Gasteiger partial charge in [-0.05, 0) is 32.4 Å². The molecule has 172 valence electrons. The fraction of sp³-hybridized carbons (Fsp3) is 0.400. The summed E-state index contributed by atoms with van der Waals surface area (Å²) in [4.78, 5) is 30.3. The van der Waals surface area contributed by atoms with Crippen molar-refractivity contribution in [3.63, 3.8) is 0 Å².